The van der Waals surface area contributed by atoms with E-state index in [1.54, 1.807) is 37.4 Å². The summed E-state index contributed by atoms with van der Waals surface area (Å²) in [6.07, 6.45) is 2.99. The van der Waals surface area contributed by atoms with Crippen LogP contribution in [0.4, 0.5) is 0 Å². The van der Waals surface area contributed by atoms with E-state index in [1.807, 2.05) is 20.8 Å². The third-order valence-corrected chi connectivity index (χ3v) is 5.05. The molecular formula is C25H28O6. The molecule has 0 saturated heterocycles. The Balaban J connectivity index is 2.32. The zero-order valence-corrected chi connectivity index (χ0v) is 18.3. The Bertz CT molecular complexity index is 1150. The Labute approximate surface area is 181 Å². The van der Waals surface area contributed by atoms with Crippen LogP contribution in [0.25, 0.3) is 22.3 Å². The molecule has 0 amide bonds. The molecule has 0 aliphatic rings. The highest BCUT2D eigenvalue weighted by molar-refractivity contribution is 5.90. The second-order valence-corrected chi connectivity index (χ2v) is 7.62. The molecule has 3 rings (SSSR count). The Morgan fingerprint density at radius 1 is 1.19 bits per heavy atom. The lowest BCUT2D eigenvalue weighted by Crippen LogP contribution is -2.13. The van der Waals surface area contributed by atoms with E-state index in [4.69, 9.17) is 19.0 Å². The van der Waals surface area contributed by atoms with Crippen molar-refractivity contribution >= 4 is 11.0 Å². The van der Waals surface area contributed by atoms with Crippen LogP contribution in [-0.2, 0) is 6.42 Å². The number of aliphatic hydroxyl groups is 1. The lowest BCUT2D eigenvalue weighted by atomic mass is 9.99. The van der Waals surface area contributed by atoms with Crippen LogP contribution in [0.15, 0.2) is 51.2 Å². The van der Waals surface area contributed by atoms with Crippen molar-refractivity contribution < 1.29 is 24.1 Å². The van der Waals surface area contributed by atoms with Gasteiger partial charge in [-0.2, -0.15) is 0 Å². The Morgan fingerprint density at radius 3 is 2.52 bits per heavy atom. The minimum Gasteiger partial charge on any atom is -0.507 e. The number of hydrogen-bond acceptors (Lipinski definition) is 6. The molecule has 0 saturated carbocycles. The molecule has 0 bridgehead atoms. The summed E-state index contributed by atoms with van der Waals surface area (Å²) in [5.41, 5.74) is 3.36. The van der Waals surface area contributed by atoms with Crippen molar-refractivity contribution in [1.29, 1.82) is 0 Å². The van der Waals surface area contributed by atoms with Gasteiger partial charge in [0.25, 0.3) is 0 Å². The van der Waals surface area contributed by atoms with Gasteiger partial charge < -0.3 is 24.1 Å². The van der Waals surface area contributed by atoms with Gasteiger partial charge >= 0.3 is 0 Å². The number of rotatable bonds is 8. The molecular weight excluding hydrogens is 396 g/mol. The van der Waals surface area contributed by atoms with Crippen LogP contribution >= 0.6 is 0 Å². The molecule has 6 heteroatoms. The van der Waals surface area contributed by atoms with Crippen molar-refractivity contribution in [3.63, 3.8) is 0 Å². The van der Waals surface area contributed by atoms with E-state index >= 15 is 0 Å². The Hall–Kier alpha value is -3.25. The highest BCUT2D eigenvalue weighted by Crippen LogP contribution is 2.37. The number of phenolic OH excluding ortho intramolecular Hbond substituents is 1. The topological polar surface area (TPSA) is 89.1 Å². The molecule has 0 atom stereocenters. The van der Waals surface area contributed by atoms with Gasteiger partial charge in [-0.1, -0.05) is 11.6 Å². The molecule has 1 heterocycles. The quantitative estimate of drug-likeness (QED) is 0.401. The summed E-state index contributed by atoms with van der Waals surface area (Å²) < 4.78 is 17.2. The molecule has 0 aliphatic heterocycles. The van der Waals surface area contributed by atoms with E-state index in [0.29, 0.717) is 29.7 Å². The molecule has 0 fully saturated rings. The number of benzene rings is 2. The maximum Gasteiger partial charge on any atom is 0.239 e. The van der Waals surface area contributed by atoms with E-state index in [9.17, 15) is 9.90 Å². The predicted octanol–water partition coefficient (Wildman–Crippen LogP) is 4.75. The van der Waals surface area contributed by atoms with E-state index in [0.717, 1.165) is 16.7 Å². The average Bonchev–Trinajstić information content (AvgIpc) is 2.74. The van der Waals surface area contributed by atoms with Crippen LogP contribution in [0.3, 0.4) is 0 Å². The van der Waals surface area contributed by atoms with Gasteiger partial charge in [-0.25, -0.2) is 0 Å². The van der Waals surface area contributed by atoms with Gasteiger partial charge in [0.1, 0.15) is 22.5 Å². The molecule has 6 nitrogen and oxygen atoms in total. The Kier molecular flexibility index (Phi) is 7.02. The number of aliphatic hydroxyl groups excluding tert-OH is 1. The molecule has 0 spiro atoms. The van der Waals surface area contributed by atoms with Gasteiger partial charge in [0.2, 0.25) is 11.2 Å². The number of aryl methyl sites for hydroxylation is 1. The number of aromatic hydroxyl groups is 1. The fraction of sp³-hybridized carbons (Fsp3) is 0.320. The van der Waals surface area contributed by atoms with Crippen LogP contribution in [0.5, 0.6) is 17.2 Å². The third-order valence-electron chi connectivity index (χ3n) is 5.05. The largest absolute Gasteiger partial charge is 0.507 e. The molecule has 1 aromatic heterocycles. The smallest absolute Gasteiger partial charge is 0.239 e. The molecule has 0 unspecified atom stereocenters. The third kappa shape index (κ3) is 4.75. The van der Waals surface area contributed by atoms with Gasteiger partial charge in [-0.15, -0.1) is 0 Å². The van der Waals surface area contributed by atoms with Crippen LogP contribution in [0.1, 0.15) is 31.4 Å². The summed E-state index contributed by atoms with van der Waals surface area (Å²) in [5.74, 6) is 0.822. The number of ether oxygens (including phenoxy) is 2. The van der Waals surface area contributed by atoms with Crippen molar-refractivity contribution in [2.24, 2.45) is 0 Å². The van der Waals surface area contributed by atoms with Gasteiger partial charge in [0.05, 0.1) is 13.7 Å². The fourth-order valence-corrected chi connectivity index (χ4v) is 3.37. The SMILES string of the molecule is COc1ccc(-c2oc3c(CC=C(C)C)c(C)cc(O)c3c(=O)c2OCCCO)cc1. The maximum absolute atomic E-state index is 13.4. The summed E-state index contributed by atoms with van der Waals surface area (Å²) in [6, 6.07) is 8.70. The van der Waals surface area contributed by atoms with E-state index < -0.39 is 5.43 Å². The second kappa shape index (κ2) is 9.71. The van der Waals surface area contributed by atoms with E-state index in [2.05, 4.69) is 6.08 Å². The van der Waals surface area contributed by atoms with Crippen LogP contribution in [0, 0.1) is 6.92 Å². The monoisotopic (exact) mass is 424 g/mol. The minimum absolute atomic E-state index is 0.0124. The van der Waals surface area contributed by atoms with Crippen LogP contribution < -0.4 is 14.9 Å². The van der Waals surface area contributed by atoms with Crippen LogP contribution in [0.2, 0.25) is 0 Å². The van der Waals surface area contributed by atoms with Gasteiger partial charge in [0.15, 0.2) is 5.76 Å². The molecule has 164 valence electrons. The minimum atomic E-state index is -0.444. The molecule has 3 aromatic rings. The lowest BCUT2D eigenvalue weighted by molar-refractivity contribution is 0.231. The van der Waals surface area contributed by atoms with Crippen molar-refractivity contribution in [1.82, 2.24) is 0 Å². The molecule has 0 radical (unpaired) electrons. The number of methoxy groups -OCH3 is 1. The first kappa shape index (κ1) is 22.4. The predicted molar refractivity (Wildman–Crippen MR) is 121 cm³/mol. The summed E-state index contributed by atoms with van der Waals surface area (Å²) in [6.45, 7) is 5.97. The molecule has 31 heavy (non-hydrogen) atoms. The Morgan fingerprint density at radius 2 is 1.90 bits per heavy atom. The van der Waals surface area contributed by atoms with E-state index in [-0.39, 0.29) is 35.9 Å². The standard InChI is InChI=1S/C25H28O6/c1-15(2)6-11-19-16(3)14-20(27)21-22(28)25(30-13-5-12-26)23(31-24(19)21)17-7-9-18(29-4)10-8-17/h6-10,14,26-27H,5,11-13H2,1-4H3. The van der Waals surface area contributed by atoms with Gasteiger partial charge in [-0.05, 0) is 63.1 Å². The van der Waals surface area contributed by atoms with Crippen molar-refractivity contribution in [2.45, 2.75) is 33.6 Å². The van der Waals surface area contributed by atoms with Gasteiger partial charge in [-0.3, -0.25) is 4.79 Å². The summed E-state index contributed by atoms with van der Waals surface area (Å²) in [7, 11) is 1.58. The van der Waals surface area contributed by atoms with Crippen molar-refractivity contribution in [2.75, 3.05) is 20.3 Å². The number of phenols is 1. The fourth-order valence-electron chi connectivity index (χ4n) is 3.37. The number of hydrogen-bond donors (Lipinski definition) is 2. The van der Waals surface area contributed by atoms with Gasteiger partial charge in [0, 0.05) is 24.2 Å². The second-order valence-electron chi connectivity index (χ2n) is 7.62. The van der Waals surface area contributed by atoms with Crippen molar-refractivity contribution in [3.05, 3.63) is 63.3 Å². The molecule has 0 aliphatic carbocycles. The normalized spacial score (nSPS) is 10.9. The molecule has 2 N–H and O–H groups in total. The summed E-state index contributed by atoms with van der Waals surface area (Å²) >= 11 is 0. The van der Waals surface area contributed by atoms with E-state index in [1.165, 1.54) is 0 Å². The van der Waals surface area contributed by atoms with Crippen molar-refractivity contribution in [3.8, 4) is 28.6 Å². The summed E-state index contributed by atoms with van der Waals surface area (Å²) in [5, 5.41) is 19.8. The first-order chi connectivity index (χ1) is 14.9. The lowest BCUT2D eigenvalue weighted by Gasteiger charge is -2.15. The highest BCUT2D eigenvalue weighted by atomic mass is 16.5. The molecule has 2 aromatic carbocycles. The maximum atomic E-state index is 13.4. The average molecular weight is 424 g/mol. The zero-order chi connectivity index (χ0) is 22.5. The van der Waals surface area contributed by atoms with Crippen LogP contribution in [-0.4, -0.2) is 30.5 Å². The first-order valence-corrected chi connectivity index (χ1v) is 10.2. The number of allylic oxidation sites excluding steroid dienone is 2. The highest BCUT2D eigenvalue weighted by Gasteiger charge is 2.23. The summed E-state index contributed by atoms with van der Waals surface area (Å²) in [4.78, 5) is 13.4. The first-order valence-electron chi connectivity index (χ1n) is 10.2. The number of fused-ring (bicyclic) bond motifs is 1. The zero-order valence-electron chi connectivity index (χ0n) is 18.3.